The van der Waals surface area contributed by atoms with Gasteiger partial charge in [0.2, 0.25) is 0 Å². The molecule has 1 N–H and O–H groups in total. The van der Waals surface area contributed by atoms with Gasteiger partial charge in [-0.15, -0.1) is 0 Å². The van der Waals surface area contributed by atoms with Crippen LogP contribution in [0.4, 0.5) is 13.2 Å². The van der Waals surface area contributed by atoms with E-state index in [2.05, 4.69) is 5.32 Å². The summed E-state index contributed by atoms with van der Waals surface area (Å²) >= 11 is 5.64. The quantitative estimate of drug-likeness (QED) is 0.799. The molecule has 0 bridgehead atoms. The molecule has 0 amide bonds. The smallest absolute Gasteiger partial charge is 0.310 e. The zero-order valence-corrected chi connectivity index (χ0v) is 9.20. The Balaban J connectivity index is 2.29. The third kappa shape index (κ3) is 2.33. The number of benzene rings is 1. The summed E-state index contributed by atoms with van der Waals surface area (Å²) in [6, 6.07) is 4.10. The summed E-state index contributed by atoms with van der Waals surface area (Å²) in [5.74, 6) is 0. The van der Waals surface area contributed by atoms with Gasteiger partial charge in [0.15, 0.2) is 0 Å². The van der Waals surface area contributed by atoms with Gasteiger partial charge in [-0.2, -0.15) is 13.2 Å². The van der Waals surface area contributed by atoms with Crippen molar-refractivity contribution in [2.45, 2.75) is 25.1 Å². The van der Waals surface area contributed by atoms with Crippen LogP contribution in [0.1, 0.15) is 30.0 Å². The van der Waals surface area contributed by atoms with Gasteiger partial charge < -0.3 is 5.32 Å². The molecule has 0 aliphatic carbocycles. The van der Waals surface area contributed by atoms with Crippen molar-refractivity contribution in [1.82, 2.24) is 5.32 Å². The Hall–Kier alpha value is -0.740. The second kappa shape index (κ2) is 4.26. The number of alkyl halides is 3. The third-order valence-corrected chi connectivity index (χ3v) is 3.07. The summed E-state index contributed by atoms with van der Waals surface area (Å²) in [6.07, 6.45) is -2.39. The molecule has 0 unspecified atom stereocenters. The second-order valence-electron chi connectivity index (χ2n) is 3.89. The zero-order valence-electron chi connectivity index (χ0n) is 8.44. The van der Waals surface area contributed by atoms with Crippen LogP contribution >= 0.6 is 11.6 Å². The van der Waals surface area contributed by atoms with Crippen molar-refractivity contribution < 1.29 is 13.2 Å². The number of halogens is 4. The van der Waals surface area contributed by atoms with Crippen LogP contribution in [0.3, 0.4) is 0 Å². The molecule has 88 valence electrons. The molecule has 1 saturated heterocycles. The molecule has 2 rings (SSSR count). The molecular weight excluding hydrogens is 239 g/mol. The van der Waals surface area contributed by atoms with Crippen LogP contribution in [0.2, 0.25) is 5.02 Å². The summed E-state index contributed by atoms with van der Waals surface area (Å²) in [7, 11) is 0. The SMILES string of the molecule is FC(F)(F)c1ccc([C@@H]2CCCN2)cc1Cl. The highest BCUT2D eigenvalue weighted by Crippen LogP contribution is 2.36. The largest absolute Gasteiger partial charge is 0.417 e. The highest BCUT2D eigenvalue weighted by molar-refractivity contribution is 6.31. The normalized spacial score (nSPS) is 21.4. The first-order valence-corrected chi connectivity index (χ1v) is 5.46. The van der Waals surface area contributed by atoms with Crippen molar-refractivity contribution in [2.24, 2.45) is 0 Å². The lowest BCUT2D eigenvalue weighted by atomic mass is 10.0. The van der Waals surface area contributed by atoms with Gasteiger partial charge in [-0.05, 0) is 37.1 Å². The molecule has 0 spiro atoms. The number of rotatable bonds is 1. The topological polar surface area (TPSA) is 12.0 Å². The van der Waals surface area contributed by atoms with E-state index in [4.69, 9.17) is 11.6 Å². The van der Waals surface area contributed by atoms with Crippen LogP contribution in [0.15, 0.2) is 18.2 Å². The minimum atomic E-state index is -4.38. The van der Waals surface area contributed by atoms with E-state index < -0.39 is 11.7 Å². The van der Waals surface area contributed by atoms with Crippen molar-refractivity contribution in [3.8, 4) is 0 Å². The summed E-state index contributed by atoms with van der Waals surface area (Å²) < 4.78 is 37.4. The average Bonchev–Trinajstić information content (AvgIpc) is 2.68. The number of hydrogen-bond acceptors (Lipinski definition) is 1. The van der Waals surface area contributed by atoms with Gasteiger partial charge in [-0.25, -0.2) is 0 Å². The maximum absolute atomic E-state index is 12.5. The van der Waals surface area contributed by atoms with Crippen molar-refractivity contribution in [1.29, 1.82) is 0 Å². The van der Waals surface area contributed by atoms with E-state index in [-0.39, 0.29) is 11.1 Å². The molecule has 1 heterocycles. The van der Waals surface area contributed by atoms with Crippen molar-refractivity contribution in [2.75, 3.05) is 6.54 Å². The molecule has 1 fully saturated rings. The molecular formula is C11H11ClF3N. The minimum absolute atomic E-state index is 0.139. The molecule has 5 heteroatoms. The Morgan fingerprint density at radius 3 is 2.56 bits per heavy atom. The van der Waals surface area contributed by atoms with E-state index in [1.807, 2.05) is 0 Å². The van der Waals surface area contributed by atoms with Gasteiger partial charge in [0.05, 0.1) is 10.6 Å². The molecule has 16 heavy (non-hydrogen) atoms. The minimum Gasteiger partial charge on any atom is -0.310 e. The summed E-state index contributed by atoms with van der Waals surface area (Å²) in [4.78, 5) is 0. The van der Waals surface area contributed by atoms with Gasteiger partial charge in [0.1, 0.15) is 0 Å². The highest BCUT2D eigenvalue weighted by Gasteiger charge is 2.33. The van der Waals surface area contributed by atoms with Gasteiger partial charge >= 0.3 is 6.18 Å². The second-order valence-corrected chi connectivity index (χ2v) is 4.29. The van der Waals surface area contributed by atoms with Crippen LogP contribution in [-0.4, -0.2) is 6.54 Å². The summed E-state index contributed by atoms with van der Waals surface area (Å²) in [5.41, 5.74) is 0.0615. The van der Waals surface area contributed by atoms with Crippen LogP contribution in [-0.2, 0) is 6.18 Å². The van der Waals surface area contributed by atoms with Crippen LogP contribution in [0.5, 0.6) is 0 Å². The first-order chi connectivity index (χ1) is 7.48. The highest BCUT2D eigenvalue weighted by atomic mass is 35.5. The first kappa shape index (κ1) is 11.7. The van der Waals surface area contributed by atoms with Gasteiger partial charge in [0.25, 0.3) is 0 Å². The van der Waals surface area contributed by atoms with Crippen LogP contribution in [0.25, 0.3) is 0 Å². The molecule has 0 radical (unpaired) electrons. The van der Waals surface area contributed by atoms with E-state index >= 15 is 0 Å². The van der Waals surface area contributed by atoms with Crippen molar-refractivity contribution in [3.63, 3.8) is 0 Å². The van der Waals surface area contributed by atoms with Crippen molar-refractivity contribution in [3.05, 3.63) is 34.3 Å². The first-order valence-electron chi connectivity index (χ1n) is 5.08. The fourth-order valence-electron chi connectivity index (χ4n) is 1.95. The molecule has 1 nitrogen and oxygen atoms in total. The van der Waals surface area contributed by atoms with Gasteiger partial charge in [-0.3, -0.25) is 0 Å². The Bertz CT molecular complexity index is 383. The number of nitrogens with one attached hydrogen (secondary N) is 1. The fraction of sp³-hybridized carbons (Fsp3) is 0.455. The zero-order chi connectivity index (χ0) is 11.8. The van der Waals surface area contributed by atoms with Crippen molar-refractivity contribution >= 4 is 11.6 Å². The average molecular weight is 250 g/mol. The van der Waals surface area contributed by atoms with Crippen LogP contribution < -0.4 is 5.32 Å². The van der Waals surface area contributed by atoms with Gasteiger partial charge in [0, 0.05) is 6.04 Å². The molecule has 1 aliphatic heterocycles. The summed E-state index contributed by atoms with van der Waals surface area (Å²) in [5, 5.41) is 2.99. The van der Waals surface area contributed by atoms with E-state index in [0.717, 1.165) is 31.0 Å². The lowest BCUT2D eigenvalue weighted by Crippen LogP contribution is -2.13. The van der Waals surface area contributed by atoms with E-state index in [0.29, 0.717) is 0 Å². The van der Waals surface area contributed by atoms with E-state index in [1.54, 1.807) is 0 Å². The molecule has 1 aromatic rings. The predicted molar refractivity (Wildman–Crippen MR) is 56.4 cm³/mol. The molecule has 0 aromatic heterocycles. The van der Waals surface area contributed by atoms with Gasteiger partial charge in [-0.1, -0.05) is 17.7 Å². The molecule has 1 aliphatic rings. The summed E-state index contributed by atoms with van der Waals surface area (Å²) in [6.45, 7) is 0.906. The Morgan fingerprint density at radius 1 is 1.31 bits per heavy atom. The molecule has 1 aromatic carbocycles. The number of hydrogen-bond donors (Lipinski definition) is 1. The van der Waals surface area contributed by atoms with Crippen LogP contribution in [0, 0.1) is 0 Å². The lowest BCUT2D eigenvalue weighted by Gasteiger charge is -2.14. The Kier molecular flexibility index (Phi) is 3.13. The van der Waals surface area contributed by atoms with E-state index in [1.165, 1.54) is 12.1 Å². The fourth-order valence-corrected chi connectivity index (χ4v) is 2.24. The monoisotopic (exact) mass is 249 g/mol. The Morgan fingerprint density at radius 2 is 2.06 bits per heavy atom. The predicted octanol–water partition coefficient (Wildman–Crippen LogP) is 3.78. The maximum atomic E-state index is 12.5. The Labute approximate surface area is 96.6 Å². The standard InChI is InChI=1S/C11H11ClF3N/c12-9-6-7(10-2-1-5-16-10)3-4-8(9)11(13,14)15/h3-4,6,10,16H,1-2,5H2/t10-/m0/s1. The maximum Gasteiger partial charge on any atom is 0.417 e. The lowest BCUT2D eigenvalue weighted by molar-refractivity contribution is -0.137. The molecule has 0 saturated carbocycles. The molecule has 1 atom stereocenters. The third-order valence-electron chi connectivity index (χ3n) is 2.76. The van der Waals surface area contributed by atoms with E-state index in [9.17, 15) is 13.2 Å².